The molecule has 0 aliphatic carbocycles. The maximum Gasteiger partial charge on any atom is 0.223 e. The summed E-state index contributed by atoms with van der Waals surface area (Å²) < 4.78 is 1.96. The van der Waals surface area contributed by atoms with Crippen LogP contribution in [0.15, 0.2) is 30.3 Å². The van der Waals surface area contributed by atoms with Crippen molar-refractivity contribution in [2.75, 3.05) is 24.5 Å². The smallest absolute Gasteiger partial charge is 0.223 e. The summed E-state index contributed by atoms with van der Waals surface area (Å²) in [6.07, 6.45) is 2.75. The van der Waals surface area contributed by atoms with Crippen LogP contribution in [-0.2, 0) is 4.79 Å². The number of nitrogens with one attached hydrogen (secondary N) is 1. The lowest BCUT2D eigenvalue weighted by Gasteiger charge is -2.33. The van der Waals surface area contributed by atoms with Gasteiger partial charge in [0.15, 0.2) is 5.65 Å². The second-order valence-electron chi connectivity index (χ2n) is 9.67. The highest BCUT2D eigenvalue weighted by Gasteiger charge is 2.26. The molecule has 3 heterocycles. The first-order valence-electron chi connectivity index (χ1n) is 11.8. The summed E-state index contributed by atoms with van der Waals surface area (Å²) >= 11 is 0. The third-order valence-electron chi connectivity index (χ3n) is 6.26. The van der Waals surface area contributed by atoms with Gasteiger partial charge in [0, 0.05) is 48.9 Å². The van der Waals surface area contributed by atoms with Gasteiger partial charge >= 0.3 is 0 Å². The van der Waals surface area contributed by atoms with Crippen LogP contribution in [0.3, 0.4) is 0 Å². The van der Waals surface area contributed by atoms with Crippen molar-refractivity contribution < 1.29 is 4.79 Å². The van der Waals surface area contributed by atoms with E-state index in [-0.39, 0.29) is 11.8 Å². The van der Waals surface area contributed by atoms with Crippen molar-refractivity contribution >= 4 is 17.4 Å². The van der Waals surface area contributed by atoms with Crippen LogP contribution in [0.4, 0.5) is 5.82 Å². The summed E-state index contributed by atoms with van der Waals surface area (Å²) in [7, 11) is 0. The molecule has 0 radical (unpaired) electrons. The van der Waals surface area contributed by atoms with Crippen LogP contribution in [0.2, 0.25) is 0 Å². The van der Waals surface area contributed by atoms with E-state index in [1.807, 2.05) is 11.4 Å². The van der Waals surface area contributed by atoms with Crippen molar-refractivity contribution in [3.8, 4) is 11.3 Å². The Kier molecular flexibility index (Phi) is 6.49. The van der Waals surface area contributed by atoms with Crippen molar-refractivity contribution in [1.29, 1.82) is 0 Å². The molecular formula is C26H35N5O. The van der Waals surface area contributed by atoms with E-state index in [4.69, 9.17) is 10.1 Å². The summed E-state index contributed by atoms with van der Waals surface area (Å²) in [4.78, 5) is 19.6. The fourth-order valence-corrected chi connectivity index (χ4v) is 4.57. The van der Waals surface area contributed by atoms with Crippen LogP contribution in [0.25, 0.3) is 16.9 Å². The van der Waals surface area contributed by atoms with E-state index < -0.39 is 0 Å². The monoisotopic (exact) mass is 433 g/mol. The average Bonchev–Trinajstić information content (AvgIpc) is 3.16. The van der Waals surface area contributed by atoms with Gasteiger partial charge in [-0.15, -0.1) is 0 Å². The van der Waals surface area contributed by atoms with Gasteiger partial charge in [-0.3, -0.25) is 4.79 Å². The maximum atomic E-state index is 12.5. The molecule has 1 N–H and O–H groups in total. The number of benzene rings is 1. The molecule has 1 saturated heterocycles. The molecule has 6 nitrogen and oxygen atoms in total. The van der Waals surface area contributed by atoms with Gasteiger partial charge in [0.2, 0.25) is 5.91 Å². The van der Waals surface area contributed by atoms with Crippen molar-refractivity contribution in [3.63, 3.8) is 0 Å². The summed E-state index contributed by atoms with van der Waals surface area (Å²) in [6, 6.07) is 10.7. The Morgan fingerprint density at radius 2 is 1.75 bits per heavy atom. The predicted molar refractivity (Wildman–Crippen MR) is 130 cm³/mol. The average molecular weight is 434 g/mol. The Morgan fingerprint density at radius 3 is 2.41 bits per heavy atom. The minimum Gasteiger partial charge on any atom is -0.356 e. The summed E-state index contributed by atoms with van der Waals surface area (Å²) in [6.45, 7) is 13.1. The van der Waals surface area contributed by atoms with E-state index in [1.165, 1.54) is 11.1 Å². The van der Waals surface area contributed by atoms with Gasteiger partial charge in [0.25, 0.3) is 0 Å². The molecule has 1 fully saturated rings. The lowest BCUT2D eigenvalue weighted by atomic mass is 9.95. The molecule has 1 amide bonds. The highest BCUT2D eigenvalue weighted by Crippen LogP contribution is 2.28. The zero-order chi connectivity index (χ0) is 22.8. The number of amides is 1. The van der Waals surface area contributed by atoms with E-state index in [1.54, 1.807) is 0 Å². The Morgan fingerprint density at radius 1 is 1.06 bits per heavy atom. The van der Waals surface area contributed by atoms with Gasteiger partial charge in [0.1, 0.15) is 5.82 Å². The number of aryl methyl sites for hydroxylation is 3. The molecule has 4 rings (SSSR count). The molecule has 32 heavy (non-hydrogen) atoms. The SMILES string of the molecule is Cc1cc(C)cc(-c2cc3nc(C)cc(N4CCC(C(=O)NCCC(C)C)CC4)n3n2)c1. The number of carbonyl (C=O) groups is 1. The van der Waals surface area contributed by atoms with Crippen LogP contribution in [0, 0.1) is 32.6 Å². The second-order valence-corrected chi connectivity index (χ2v) is 9.67. The Labute approximate surface area is 191 Å². The normalized spacial score (nSPS) is 15.0. The molecule has 3 aromatic rings. The van der Waals surface area contributed by atoms with Crippen molar-refractivity contribution in [2.24, 2.45) is 11.8 Å². The highest BCUT2D eigenvalue weighted by atomic mass is 16.1. The van der Waals surface area contributed by atoms with E-state index in [0.717, 1.165) is 67.3 Å². The van der Waals surface area contributed by atoms with Gasteiger partial charge in [-0.2, -0.15) is 9.61 Å². The standard InChI is InChI=1S/C26H35N5O/c1-17(2)6-9-27-26(32)21-7-10-30(11-8-21)25-15-20(5)28-24-16-23(29-31(24)25)22-13-18(3)12-19(4)14-22/h12-17,21H,6-11H2,1-5H3,(H,27,32). The summed E-state index contributed by atoms with van der Waals surface area (Å²) in [5, 5.41) is 8.05. The minimum absolute atomic E-state index is 0.0975. The highest BCUT2D eigenvalue weighted by molar-refractivity contribution is 5.79. The quantitative estimate of drug-likeness (QED) is 0.612. The fraction of sp³-hybridized carbons (Fsp3) is 0.500. The zero-order valence-corrected chi connectivity index (χ0v) is 20.0. The Balaban J connectivity index is 1.52. The first-order chi connectivity index (χ1) is 15.3. The van der Waals surface area contributed by atoms with Crippen molar-refractivity contribution in [2.45, 2.75) is 53.9 Å². The molecule has 0 unspecified atom stereocenters. The third kappa shape index (κ3) is 4.95. The van der Waals surface area contributed by atoms with Gasteiger partial charge in [0.05, 0.1) is 5.69 Å². The Bertz CT molecular complexity index is 1090. The molecule has 1 aromatic carbocycles. The van der Waals surface area contributed by atoms with E-state index in [2.05, 4.69) is 68.2 Å². The molecule has 0 atom stereocenters. The van der Waals surface area contributed by atoms with Crippen LogP contribution in [0.1, 0.15) is 49.9 Å². The number of anilines is 1. The summed E-state index contributed by atoms with van der Waals surface area (Å²) in [5.74, 6) is 1.97. The molecule has 1 aliphatic heterocycles. The summed E-state index contributed by atoms with van der Waals surface area (Å²) in [5.41, 5.74) is 6.37. The number of carbonyl (C=O) groups excluding carboxylic acids is 1. The van der Waals surface area contributed by atoms with Crippen LogP contribution < -0.4 is 10.2 Å². The number of fused-ring (bicyclic) bond motifs is 1. The topological polar surface area (TPSA) is 62.5 Å². The minimum atomic E-state index is 0.0975. The van der Waals surface area contributed by atoms with Crippen LogP contribution >= 0.6 is 0 Å². The second kappa shape index (κ2) is 9.31. The van der Waals surface area contributed by atoms with Gasteiger partial charge in [-0.25, -0.2) is 4.98 Å². The predicted octanol–water partition coefficient (Wildman–Crippen LogP) is 4.70. The van der Waals surface area contributed by atoms with Crippen molar-refractivity contribution in [3.05, 3.63) is 47.2 Å². The van der Waals surface area contributed by atoms with Gasteiger partial charge < -0.3 is 10.2 Å². The number of aromatic nitrogens is 3. The maximum absolute atomic E-state index is 12.5. The number of hydrogen-bond acceptors (Lipinski definition) is 4. The molecule has 0 bridgehead atoms. The molecule has 1 aliphatic rings. The molecule has 2 aromatic heterocycles. The van der Waals surface area contributed by atoms with Gasteiger partial charge in [-0.1, -0.05) is 31.0 Å². The number of rotatable bonds is 6. The number of nitrogens with zero attached hydrogens (tertiary/aromatic N) is 4. The first kappa shape index (κ1) is 22.3. The molecule has 170 valence electrons. The van der Waals surface area contributed by atoms with E-state index in [0.29, 0.717) is 5.92 Å². The lowest BCUT2D eigenvalue weighted by Crippen LogP contribution is -2.41. The Hall–Kier alpha value is -2.89. The van der Waals surface area contributed by atoms with Crippen LogP contribution in [0.5, 0.6) is 0 Å². The zero-order valence-electron chi connectivity index (χ0n) is 20.0. The number of piperidine rings is 1. The lowest BCUT2D eigenvalue weighted by molar-refractivity contribution is -0.125. The number of hydrogen-bond donors (Lipinski definition) is 1. The molecule has 0 spiro atoms. The molecule has 0 saturated carbocycles. The fourth-order valence-electron chi connectivity index (χ4n) is 4.57. The first-order valence-corrected chi connectivity index (χ1v) is 11.8. The van der Waals surface area contributed by atoms with E-state index >= 15 is 0 Å². The molecular weight excluding hydrogens is 398 g/mol. The van der Waals surface area contributed by atoms with Crippen molar-refractivity contribution in [1.82, 2.24) is 19.9 Å². The van der Waals surface area contributed by atoms with Gasteiger partial charge in [-0.05, 0) is 58.1 Å². The third-order valence-corrected chi connectivity index (χ3v) is 6.26. The van der Waals surface area contributed by atoms with Crippen LogP contribution in [-0.4, -0.2) is 40.1 Å². The molecule has 6 heteroatoms. The van der Waals surface area contributed by atoms with E-state index in [9.17, 15) is 4.79 Å². The largest absolute Gasteiger partial charge is 0.356 e.